The normalized spacial score (nSPS) is 16.3. The predicted molar refractivity (Wildman–Crippen MR) is 93.2 cm³/mol. The molecule has 1 saturated carbocycles. The summed E-state index contributed by atoms with van der Waals surface area (Å²) in [6, 6.07) is 11.6. The number of halogens is 1. The van der Waals surface area contributed by atoms with Crippen molar-refractivity contribution in [2.24, 2.45) is 11.7 Å². The molecular formula is C17H23ClN4O. The molecule has 1 aliphatic rings. The van der Waals surface area contributed by atoms with Crippen LogP contribution in [0.15, 0.2) is 36.4 Å². The van der Waals surface area contributed by atoms with Gasteiger partial charge in [-0.1, -0.05) is 18.2 Å². The fourth-order valence-corrected chi connectivity index (χ4v) is 2.78. The first kappa shape index (κ1) is 17.5. The molecule has 1 aliphatic carbocycles. The van der Waals surface area contributed by atoms with Crippen molar-refractivity contribution in [1.29, 1.82) is 0 Å². The lowest BCUT2D eigenvalue weighted by Crippen LogP contribution is -2.53. The number of carbonyl (C=O) groups is 1. The molecule has 1 aromatic carbocycles. The molecule has 1 heterocycles. The molecule has 1 aromatic heterocycles. The minimum absolute atomic E-state index is 0. The van der Waals surface area contributed by atoms with Crippen molar-refractivity contribution >= 4 is 18.3 Å². The van der Waals surface area contributed by atoms with E-state index in [1.807, 2.05) is 50.2 Å². The maximum atomic E-state index is 12.5. The van der Waals surface area contributed by atoms with E-state index in [1.54, 1.807) is 4.68 Å². The number of hydrogen-bond acceptors (Lipinski definition) is 3. The highest BCUT2D eigenvalue weighted by molar-refractivity contribution is 5.93. The molecule has 0 radical (unpaired) electrons. The topological polar surface area (TPSA) is 72.9 Å². The number of nitrogens with zero attached hydrogens (tertiary/aromatic N) is 2. The highest BCUT2D eigenvalue weighted by atomic mass is 35.5. The molecule has 0 bridgehead atoms. The number of rotatable bonds is 5. The van der Waals surface area contributed by atoms with Crippen molar-refractivity contribution in [3.8, 4) is 5.69 Å². The number of nitrogens with one attached hydrogen (secondary N) is 1. The average Bonchev–Trinajstić information content (AvgIpc) is 3.31. The fraction of sp³-hybridized carbons (Fsp3) is 0.412. The van der Waals surface area contributed by atoms with Gasteiger partial charge in [-0.15, -0.1) is 12.4 Å². The van der Waals surface area contributed by atoms with Crippen molar-refractivity contribution in [3.05, 3.63) is 47.8 Å². The van der Waals surface area contributed by atoms with Crippen LogP contribution in [0.25, 0.3) is 5.69 Å². The molecule has 2 aromatic rings. The Morgan fingerprint density at radius 1 is 1.39 bits per heavy atom. The first-order chi connectivity index (χ1) is 10.5. The van der Waals surface area contributed by atoms with E-state index < -0.39 is 0 Å². The molecule has 1 unspecified atom stereocenters. The third-order valence-corrected chi connectivity index (χ3v) is 4.42. The van der Waals surface area contributed by atoms with Gasteiger partial charge in [0.2, 0.25) is 0 Å². The first-order valence-corrected chi connectivity index (χ1v) is 7.68. The number of aromatic nitrogens is 2. The monoisotopic (exact) mass is 334 g/mol. The maximum Gasteiger partial charge on any atom is 0.272 e. The van der Waals surface area contributed by atoms with E-state index in [-0.39, 0.29) is 23.9 Å². The van der Waals surface area contributed by atoms with Gasteiger partial charge in [-0.2, -0.15) is 5.10 Å². The van der Waals surface area contributed by atoms with Crippen molar-refractivity contribution in [3.63, 3.8) is 0 Å². The summed E-state index contributed by atoms with van der Waals surface area (Å²) in [6.45, 7) is 4.41. The minimum atomic E-state index is -0.332. The Morgan fingerprint density at radius 3 is 2.61 bits per heavy atom. The van der Waals surface area contributed by atoms with Gasteiger partial charge in [-0.3, -0.25) is 4.79 Å². The lowest BCUT2D eigenvalue weighted by Gasteiger charge is -2.29. The summed E-state index contributed by atoms with van der Waals surface area (Å²) in [7, 11) is 0. The van der Waals surface area contributed by atoms with E-state index in [0.29, 0.717) is 18.2 Å². The van der Waals surface area contributed by atoms with Crippen LogP contribution < -0.4 is 11.1 Å². The first-order valence-electron chi connectivity index (χ1n) is 7.68. The van der Waals surface area contributed by atoms with Gasteiger partial charge < -0.3 is 11.1 Å². The van der Waals surface area contributed by atoms with Gasteiger partial charge in [-0.05, 0) is 50.8 Å². The second-order valence-electron chi connectivity index (χ2n) is 6.27. The molecule has 0 spiro atoms. The second-order valence-corrected chi connectivity index (χ2v) is 6.27. The van der Waals surface area contributed by atoms with Gasteiger partial charge in [0.1, 0.15) is 0 Å². The van der Waals surface area contributed by atoms with Crippen LogP contribution in [0.5, 0.6) is 0 Å². The van der Waals surface area contributed by atoms with Gasteiger partial charge in [0.05, 0.1) is 11.2 Å². The molecule has 1 atom stereocenters. The van der Waals surface area contributed by atoms with Crippen LogP contribution in [0.4, 0.5) is 0 Å². The molecule has 3 N–H and O–H groups in total. The van der Waals surface area contributed by atoms with E-state index in [0.717, 1.165) is 24.2 Å². The number of carbonyl (C=O) groups excluding carboxylic acids is 1. The standard InChI is InChI=1S/C17H22N4O.ClH/c1-12-10-15(20-21(12)14-6-4-3-5-7-14)16(22)19-17(2,11-18)13-8-9-13;/h3-7,10,13H,8-9,11,18H2,1-2H3,(H,19,22);1H. The van der Waals surface area contributed by atoms with Gasteiger partial charge in [0.15, 0.2) is 5.69 Å². The number of aryl methyl sites for hydroxylation is 1. The molecule has 0 aliphatic heterocycles. The maximum absolute atomic E-state index is 12.5. The predicted octanol–water partition coefficient (Wildman–Crippen LogP) is 2.46. The van der Waals surface area contributed by atoms with E-state index in [9.17, 15) is 4.79 Å². The second kappa shape index (κ2) is 6.72. The fourth-order valence-electron chi connectivity index (χ4n) is 2.78. The summed E-state index contributed by atoms with van der Waals surface area (Å²) in [4.78, 5) is 12.5. The number of benzene rings is 1. The summed E-state index contributed by atoms with van der Waals surface area (Å²) in [5.41, 5.74) is 7.84. The largest absolute Gasteiger partial charge is 0.344 e. The quantitative estimate of drug-likeness (QED) is 0.882. The van der Waals surface area contributed by atoms with Crippen LogP contribution in [-0.2, 0) is 0 Å². The van der Waals surface area contributed by atoms with E-state index >= 15 is 0 Å². The smallest absolute Gasteiger partial charge is 0.272 e. The molecule has 5 nitrogen and oxygen atoms in total. The van der Waals surface area contributed by atoms with Crippen molar-refractivity contribution in [1.82, 2.24) is 15.1 Å². The van der Waals surface area contributed by atoms with Crippen LogP contribution in [0.1, 0.15) is 35.9 Å². The highest BCUT2D eigenvalue weighted by Gasteiger charge is 2.41. The summed E-state index contributed by atoms with van der Waals surface area (Å²) >= 11 is 0. The third kappa shape index (κ3) is 3.57. The zero-order chi connectivity index (χ0) is 15.7. The minimum Gasteiger partial charge on any atom is -0.344 e. The SMILES string of the molecule is Cc1cc(C(=O)NC(C)(CN)C2CC2)nn1-c1ccccc1.Cl. The molecule has 124 valence electrons. The molecule has 1 amide bonds. The van der Waals surface area contributed by atoms with E-state index in [1.165, 1.54) is 0 Å². The van der Waals surface area contributed by atoms with Crippen LogP contribution in [-0.4, -0.2) is 27.8 Å². The molecular weight excluding hydrogens is 312 g/mol. The van der Waals surface area contributed by atoms with Crippen LogP contribution in [0.3, 0.4) is 0 Å². The molecule has 6 heteroatoms. The molecule has 3 rings (SSSR count). The Bertz CT molecular complexity index is 681. The Labute approximate surface area is 142 Å². The number of para-hydroxylation sites is 1. The number of hydrogen-bond donors (Lipinski definition) is 2. The van der Waals surface area contributed by atoms with Gasteiger partial charge in [-0.25, -0.2) is 4.68 Å². The van der Waals surface area contributed by atoms with E-state index in [2.05, 4.69) is 10.4 Å². The van der Waals surface area contributed by atoms with Crippen molar-refractivity contribution < 1.29 is 4.79 Å². The van der Waals surface area contributed by atoms with Crippen LogP contribution in [0, 0.1) is 12.8 Å². The lowest BCUT2D eigenvalue weighted by atomic mass is 9.96. The van der Waals surface area contributed by atoms with Gasteiger partial charge >= 0.3 is 0 Å². The Morgan fingerprint density at radius 2 is 2.04 bits per heavy atom. The van der Waals surface area contributed by atoms with Gasteiger partial charge in [0, 0.05) is 12.2 Å². The van der Waals surface area contributed by atoms with Crippen LogP contribution in [0.2, 0.25) is 0 Å². The van der Waals surface area contributed by atoms with Crippen molar-refractivity contribution in [2.45, 2.75) is 32.2 Å². The Kier molecular flexibility index (Phi) is 5.12. The lowest BCUT2D eigenvalue weighted by molar-refractivity contribution is 0.0892. The zero-order valence-electron chi connectivity index (χ0n) is 13.5. The summed E-state index contributed by atoms with van der Waals surface area (Å²) < 4.78 is 1.78. The Balaban J connectivity index is 0.00000192. The average molecular weight is 335 g/mol. The van der Waals surface area contributed by atoms with Crippen LogP contribution >= 0.6 is 12.4 Å². The summed E-state index contributed by atoms with van der Waals surface area (Å²) in [5.74, 6) is 0.330. The number of nitrogens with two attached hydrogens (primary N) is 1. The summed E-state index contributed by atoms with van der Waals surface area (Å²) in [6.07, 6.45) is 2.26. The Hall–Kier alpha value is -1.85. The van der Waals surface area contributed by atoms with Crippen molar-refractivity contribution in [2.75, 3.05) is 6.54 Å². The highest BCUT2D eigenvalue weighted by Crippen LogP contribution is 2.39. The molecule has 23 heavy (non-hydrogen) atoms. The molecule has 1 fully saturated rings. The van der Waals surface area contributed by atoms with Gasteiger partial charge in [0.25, 0.3) is 5.91 Å². The van der Waals surface area contributed by atoms with E-state index in [4.69, 9.17) is 5.73 Å². The number of amides is 1. The summed E-state index contributed by atoms with van der Waals surface area (Å²) in [5, 5.41) is 7.52. The third-order valence-electron chi connectivity index (χ3n) is 4.42. The molecule has 0 saturated heterocycles. The zero-order valence-corrected chi connectivity index (χ0v) is 14.3.